The third-order valence-corrected chi connectivity index (χ3v) is 6.24. The molecular formula is C28H25N2O+. The second-order valence-electron chi connectivity index (χ2n) is 8.18. The van der Waals surface area contributed by atoms with E-state index in [-0.39, 0.29) is 28.1 Å². The summed E-state index contributed by atoms with van der Waals surface area (Å²) in [6.45, 7) is -6.22. The van der Waals surface area contributed by atoms with E-state index in [4.69, 9.17) is 21.7 Å². The smallest absolute Gasteiger partial charge is 0.227 e. The first-order valence-corrected chi connectivity index (χ1v) is 10.0. The van der Waals surface area contributed by atoms with Crippen LogP contribution in [0.4, 0.5) is 0 Å². The van der Waals surface area contributed by atoms with E-state index in [1.54, 1.807) is 48.7 Å². The highest BCUT2D eigenvalue weighted by Gasteiger charge is 2.37. The van der Waals surface area contributed by atoms with Crippen LogP contribution in [-0.4, -0.2) is 4.98 Å². The van der Waals surface area contributed by atoms with Crippen LogP contribution in [0.15, 0.2) is 65.2 Å². The van der Waals surface area contributed by atoms with Crippen LogP contribution in [0.5, 0.6) is 0 Å². The zero-order chi connectivity index (χ0) is 29.0. The standard InChI is InChI=1S/C28H25N2O/c1-16-12-13-30(5)23(14-16)24-17(2)10-11-18-20-15-22-25(29-27(20)31-26(18)24)19-8-6-7-9-21(19)28(22,3)4/h6-15H,1-5H3/q+1/i1D3,3D3,4D3. The van der Waals surface area contributed by atoms with Gasteiger partial charge in [0.05, 0.1) is 11.3 Å². The molecule has 0 aliphatic heterocycles. The number of fused-ring (bicyclic) bond motifs is 6. The zero-order valence-corrected chi connectivity index (χ0v) is 17.1. The number of hydrogen-bond donors (Lipinski definition) is 0. The van der Waals surface area contributed by atoms with Crippen LogP contribution in [0.25, 0.3) is 44.6 Å². The Labute approximate surface area is 194 Å². The van der Waals surface area contributed by atoms with E-state index in [1.165, 1.54) is 0 Å². The van der Waals surface area contributed by atoms with E-state index in [2.05, 4.69) is 0 Å². The molecule has 1 aliphatic rings. The topological polar surface area (TPSA) is 29.9 Å². The quantitative estimate of drug-likeness (QED) is 0.297. The molecule has 152 valence electrons. The van der Waals surface area contributed by atoms with Crippen molar-refractivity contribution >= 4 is 22.1 Å². The predicted molar refractivity (Wildman–Crippen MR) is 125 cm³/mol. The molecule has 3 nitrogen and oxygen atoms in total. The molecule has 0 saturated carbocycles. The molecule has 0 unspecified atom stereocenters. The van der Waals surface area contributed by atoms with E-state index in [1.807, 2.05) is 30.7 Å². The van der Waals surface area contributed by atoms with E-state index < -0.39 is 26.0 Å². The van der Waals surface area contributed by atoms with Crippen LogP contribution in [0.2, 0.25) is 0 Å². The lowest BCUT2D eigenvalue weighted by atomic mass is 9.82. The van der Waals surface area contributed by atoms with E-state index in [0.717, 1.165) is 5.56 Å². The summed E-state index contributed by atoms with van der Waals surface area (Å²) in [6.07, 6.45) is 1.68. The molecule has 6 rings (SSSR count). The van der Waals surface area contributed by atoms with Crippen LogP contribution in [0.1, 0.15) is 48.3 Å². The molecule has 3 aromatic heterocycles. The fourth-order valence-electron chi connectivity index (χ4n) is 4.65. The van der Waals surface area contributed by atoms with Gasteiger partial charge in [-0.2, -0.15) is 0 Å². The molecule has 0 saturated heterocycles. The Bertz CT molecular complexity index is 1830. The van der Waals surface area contributed by atoms with E-state index >= 15 is 0 Å². The number of pyridine rings is 2. The molecule has 0 N–H and O–H groups in total. The van der Waals surface area contributed by atoms with Gasteiger partial charge in [-0.05, 0) is 42.1 Å². The predicted octanol–water partition coefficient (Wildman–Crippen LogP) is 6.40. The summed E-state index contributed by atoms with van der Waals surface area (Å²) in [5, 5.41) is 1.10. The van der Waals surface area contributed by atoms with Gasteiger partial charge in [0.25, 0.3) is 0 Å². The molecule has 3 heterocycles. The third kappa shape index (κ3) is 2.40. The fraction of sp³-hybridized carbons (Fsp3) is 0.214. The maximum atomic E-state index is 8.47. The number of hydrogen-bond acceptors (Lipinski definition) is 2. The van der Waals surface area contributed by atoms with Gasteiger partial charge in [0, 0.05) is 46.2 Å². The van der Waals surface area contributed by atoms with Crippen LogP contribution in [0, 0.1) is 13.8 Å². The molecule has 31 heavy (non-hydrogen) atoms. The summed E-state index contributed by atoms with van der Waals surface area (Å²) < 4.78 is 82.6. The molecule has 2 aromatic carbocycles. The van der Waals surface area contributed by atoms with Gasteiger partial charge in [0.2, 0.25) is 11.4 Å². The Balaban J connectivity index is 1.72. The minimum Gasteiger partial charge on any atom is -0.437 e. The van der Waals surface area contributed by atoms with Gasteiger partial charge in [0.1, 0.15) is 7.05 Å². The molecule has 1 aliphatic carbocycles. The monoisotopic (exact) mass is 414 g/mol. The molecule has 0 amide bonds. The van der Waals surface area contributed by atoms with Crippen molar-refractivity contribution in [3.8, 4) is 22.5 Å². The van der Waals surface area contributed by atoms with Crippen molar-refractivity contribution in [1.29, 1.82) is 0 Å². The Morgan fingerprint density at radius 2 is 1.87 bits per heavy atom. The van der Waals surface area contributed by atoms with Gasteiger partial charge in [-0.15, -0.1) is 0 Å². The second kappa shape index (κ2) is 6.04. The van der Waals surface area contributed by atoms with Gasteiger partial charge in [0.15, 0.2) is 11.8 Å². The van der Waals surface area contributed by atoms with Crippen molar-refractivity contribution in [2.45, 2.75) is 32.9 Å². The van der Waals surface area contributed by atoms with Crippen LogP contribution < -0.4 is 4.57 Å². The molecule has 0 radical (unpaired) electrons. The first kappa shape index (κ1) is 11.2. The van der Waals surface area contributed by atoms with Gasteiger partial charge in [-0.25, -0.2) is 9.55 Å². The summed E-state index contributed by atoms with van der Waals surface area (Å²) in [7, 11) is 1.81. The lowest BCUT2D eigenvalue weighted by molar-refractivity contribution is -0.660. The largest absolute Gasteiger partial charge is 0.437 e. The van der Waals surface area contributed by atoms with Crippen molar-refractivity contribution in [3.63, 3.8) is 0 Å². The minimum absolute atomic E-state index is 0.112. The van der Waals surface area contributed by atoms with Gasteiger partial charge in [-0.1, -0.05) is 50.1 Å². The number of furan rings is 1. The highest BCUT2D eigenvalue weighted by atomic mass is 16.3. The summed E-state index contributed by atoms with van der Waals surface area (Å²) in [4.78, 5) is 4.74. The van der Waals surface area contributed by atoms with Crippen molar-refractivity contribution < 1.29 is 21.3 Å². The maximum Gasteiger partial charge on any atom is 0.227 e. The summed E-state index contributed by atoms with van der Waals surface area (Å²) in [5.41, 5.74) is 1.73. The number of benzene rings is 2. The normalized spacial score (nSPS) is 19.7. The average molecular weight is 415 g/mol. The van der Waals surface area contributed by atoms with Crippen LogP contribution >= 0.6 is 0 Å². The van der Waals surface area contributed by atoms with Gasteiger partial charge < -0.3 is 4.42 Å². The summed E-state index contributed by atoms with van der Waals surface area (Å²) >= 11 is 0. The second-order valence-corrected chi connectivity index (χ2v) is 8.18. The van der Waals surface area contributed by atoms with Crippen LogP contribution in [-0.2, 0) is 12.5 Å². The zero-order valence-electron chi connectivity index (χ0n) is 26.1. The Hall–Kier alpha value is -3.46. The molecule has 0 atom stereocenters. The highest BCUT2D eigenvalue weighted by molar-refractivity contribution is 6.09. The summed E-state index contributed by atoms with van der Waals surface area (Å²) in [5.74, 6) is 0. The fourth-order valence-corrected chi connectivity index (χ4v) is 4.65. The summed E-state index contributed by atoms with van der Waals surface area (Å²) in [6, 6.07) is 15.1. The Kier molecular flexibility index (Phi) is 2.19. The highest BCUT2D eigenvalue weighted by Crippen LogP contribution is 2.49. The number of aryl methyl sites for hydroxylation is 3. The number of rotatable bonds is 1. The molecule has 0 fully saturated rings. The van der Waals surface area contributed by atoms with Gasteiger partial charge in [-0.3, -0.25) is 0 Å². The minimum atomic E-state index is -2.90. The number of aromatic nitrogens is 2. The molecule has 3 heteroatoms. The van der Waals surface area contributed by atoms with Crippen molar-refractivity contribution in [1.82, 2.24) is 4.98 Å². The SMILES string of the molecule is [2H]C([2H])([2H])c1cc[n+](C)c(-c2c(C)ccc3c2oc2nc4c(cc23)C(C([2H])([2H])[2H])(C([2H])([2H])[2H])c2ccccc2-4)c1. The Morgan fingerprint density at radius 3 is 2.71 bits per heavy atom. The van der Waals surface area contributed by atoms with Crippen molar-refractivity contribution in [2.24, 2.45) is 7.05 Å². The maximum absolute atomic E-state index is 8.47. The lowest BCUT2D eigenvalue weighted by Gasteiger charge is -2.20. The Morgan fingerprint density at radius 1 is 1.00 bits per heavy atom. The van der Waals surface area contributed by atoms with Crippen molar-refractivity contribution in [2.75, 3.05) is 0 Å². The van der Waals surface area contributed by atoms with Crippen molar-refractivity contribution in [3.05, 3.63) is 83.0 Å². The van der Waals surface area contributed by atoms with Crippen LogP contribution in [0.3, 0.4) is 0 Å². The van der Waals surface area contributed by atoms with E-state index in [9.17, 15) is 0 Å². The molecule has 0 bridgehead atoms. The molecule has 5 aromatic rings. The third-order valence-electron chi connectivity index (χ3n) is 6.24. The first-order chi connectivity index (χ1) is 18.6. The molecule has 0 spiro atoms. The number of nitrogens with zero attached hydrogens (tertiary/aromatic N) is 2. The average Bonchev–Trinajstić information content (AvgIpc) is 3.35. The van der Waals surface area contributed by atoms with E-state index in [0.29, 0.717) is 33.2 Å². The molecular weight excluding hydrogens is 380 g/mol. The lowest BCUT2D eigenvalue weighted by Crippen LogP contribution is -2.30. The first-order valence-electron chi connectivity index (χ1n) is 14.5. The van der Waals surface area contributed by atoms with Gasteiger partial charge >= 0.3 is 0 Å².